The molecule has 1 N–H and O–H groups in total. The fraction of sp³-hybridized carbons (Fsp3) is 0.875. The van der Waals surface area contributed by atoms with Gasteiger partial charge in [0.25, 0.3) is 0 Å². The quantitative estimate of drug-likeness (QED) is 0.734. The van der Waals surface area contributed by atoms with Gasteiger partial charge in [0.15, 0.2) is 0 Å². The van der Waals surface area contributed by atoms with Gasteiger partial charge in [-0.2, -0.15) is 0 Å². The second-order valence-corrected chi connectivity index (χ2v) is 7.18. The molecule has 0 spiro atoms. The minimum Gasteiger partial charge on any atom is -0.311 e. The maximum absolute atomic E-state index is 4.00. The molecule has 0 aromatic rings. The van der Waals surface area contributed by atoms with Gasteiger partial charge in [0.1, 0.15) is 0 Å². The number of fused-ring (bicyclic) bond motifs is 4. The second kappa shape index (κ2) is 3.85. The number of hydrogen-bond donors (Lipinski definition) is 1. The van der Waals surface area contributed by atoms with Gasteiger partial charge in [-0.05, 0) is 68.6 Å². The lowest BCUT2D eigenvalue weighted by atomic mass is 9.86. The molecule has 1 nitrogen and oxygen atoms in total. The van der Waals surface area contributed by atoms with Gasteiger partial charge in [0, 0.05) is 12.1 Å². The summed E-state index contributed by atoms with van der Waals surface area (Å²) in [4.78, 5) is 0. The molecule has 0 aliphatic heterocycles. The van der Waals surface area contributed by atoms with Crippen LogP contribution < -0.4 is 5.32 Å². The highest BCUT2D eigenvalue weighted by Gasteiger charge is 2.43. The van der Waals surface area contributed by atoms with Gasteiger partial charge < -0.3 is 5.32 Å². The van der Waals surface area contributed by atoms with Crippen molar-refractivity contribution < 1.29 is 0 Å². The second-order valence-electron chi connectivity index (χ2n) is 7.18. The van der Waals surface area contributed by atoms with Gasteiger partial charge in [-0.3, -0.25) is 0 Å². The third-order valence-electron chi connectivity index (χ3n) is 6.19. The Bertz CT molecular complexity index is 334. The number of hydrogen-bond acceptors (Lipinski definition) is 1. The van der Waals surface area contributed by atoms with Crippen molar-refractivity contribution in [2.24, 2.45) is 29.6 Å². The molecule has 4 aliphatic carbocycles. The molecule has 4 aliphatic rings. The molecule has 3 fully saturated rings. The van der Waals surface area contributed by atoms with Crippen LogP contribution in [0.15, 0.2) is 12.2 Å². The number of nitrogens with one attached hydrogen (secondary N) is 1. The van der Waals surface area contributed by atoms with Crippen molar-refractivity contribution in [2.45, 2.75) is 57.5 Å². The molecule has 1 heteroatoms. The molecule has 17 heavy (non-hydrogen) atoms. The molecule has 94 valence electrons. The lowest BCUT2D eigenvalue weighted by Gasteiger charge is -2.32. The van der Waals surface area contributed by atoms with Crippen molar-refractivity contribution in [3.8, 4) is 0 Å². The molecule has 4 rings (SSSR count). The third-order valence-corrected chi connectivity index (χ3v) is 6.19. The van der Waals surface area contributed by atoms with E-state index in [1.54, 1.807) is 0 Å². The van der Waals surface area contributed by atoms with E-state index in [-0.39, 0.29) is 0 Å². The van der Waals surface area contributed by atoms with Crippen LogP contribution in [0.25, 0.3) is 0 Å². The van der Waals surface area contributed by atoms with Crippen molar-refractivity contribution in [2.75, 3.05) is 0 Å². The maximum atomic E-state index is 4.00. The Balaban J connectivity index is 1.38. The smallest absolute Gasteiger partial charge is 0.0101 e. The Morgan fingerprint density at radius 3 is 2.59 bits per heavy atom. The summed E-state index contributed by atoms with van der Waals surface area (Å²) in [5.41, 5.74) is 0. The van der Waals surface area contributed by atoms with Gasteiger partial charge in [0.2, 0.25) is 0 Å². The van der Waals surface area contributed by atoms with Crippen LogP contribution in [0.4, 0.5) is 0 Å². The van der Waals surface area contributed by atoms with Crippen LogP contribution in [0.2, 0.25) is 0 Å². The number of allylic oxidation sites excluding steroid dienone is 2. The molecule has 3 saturated carbocycles. The van der Waals surface area contributed by atoms with Crippen LogP contribution in [-0.4, -0.2) is 12.1 Å². The highest BCUT2D eigenvalue weighted by atomic mass is 15.0. The first-order chi connectivity index (χ1) is 8.29. The molecule has 7 atom stereocenters. The summed E-state index contributed by atoms with van der Waals surface area (Å²) in [7, 11) is 0. The molecule has 7 unspecified atom stereocenters. The molecule has 0 aromatic carbocycles. The first-order valence-corrected chi connectivity index (χ1v) is 7.74. The highest BCUT2D eigenvalue weighted by Crippen LogP contribution is 2.47. The van der Waals surface area contributed by atoms with Crippen LogP contribution in [0, 0.1) is 29.6 Å². The van der Waals surface area contributed by atoms with E-state index < -0.39 is 0 Å². The Labute approximate surface area is 105 Å². The zero-order chi connectivity index (χ0) is 11.4. The lowest BCUT2D eigenvalue weighted by molar-refractivity contribution is 0.257. The zero-order valence-corrected chi connectivity index (χ0v) is 10.9. The minimum absolute atomic E-state index is 0.749. The summed E-state index contributed by atoms with van der Waals surface area (Å²) < 4.78 is 0. The van der Waals surface area contributed by atoms with Gasteiger partial charge >= 0.3 is 0 Å². The van der Waals surface area contributed by atoms with E-state index in [0.717, 1.165) is 41.7 Å². The SMILES string of the molecule is CC(NC1CC2CCC1C2)C1CC2C=CC1C2. The van der Waals surface area contributed by atoms with E-state index in [1.165, 1.54) is 38.5 Å². The largest absolute Gasteiger partial charge is 0.311 e. The Morgan fingerprint density at radius 1 is 1.06 bits per heavy atom. The first kappa shape index (κ1) is 10.6. The molecule has 0 heterocycles. The summed E-state index contributed by atoms with van der Waals surface area (Å²) >= 11 is 0. The van der Waals surface area contributed by atoms with Crippen molar-refractivity contribution in [1.82, 2.24) is 5.32 Å². The molecule has 0 aromatic heterocycles. The summed E-state index contributed by atoms with van der Waals surface area (Å²) in [6, 6.07) is 1.62. The number of rotatable bonds is 3. The van der Waals surface area contributed by atoms with Crippen LogP contribution in [0.5, 0.6) is 0 Å². The van der Waals surface area contributed by atoms with Gasteiger partial charge in [-0.1, -0.05) is 18.6 Å². The normalized spacial score (nSPS) is 52.5. The van der Waals surface area contributed by atoms with E-state index in [4.69, 9.17) is 0 Å². The van der Waals surface area contributed by atoms with Crippen molar-refractivity contribution in [3.63, 3.8) is 0 Å². The Hall–Kier alpha value is -0.300. The predicted molar refractivity (Wildman–Crippen MR) is 70.7 cm³/mol. The van der Waals surface area contributed by atoms with E-state index in [2.05, 4.69) is 24.4 Å². The summed E-state index contributed by atoms with van der Waals surface area (Å²) in [6.45, 7) is 2.45. The summed E-state index contributed by atoms with van der Waals surface area (Å²) in [5.74, 6) is 4.86. The van der Waals surface area contributed by atoms with Gasteiger partial charge in [-0.25, -0.2) is 0 Å². The van der Waals surface area contributed by atoms with Crippen LogP contribution in [-0.2, 0) is 0 Å². The fourth-order valence-corrected chi connectivity index (χ4v) is 5.31. The highest BCUT2D eigenvalue weighted by molar-refractivity contribution is 5.12. The van der Waals surface area contributed by atoms with E-state index in [0.29, 0.717) is 0 Å². The van der Waals surface area contributed by atoms with Gasteiger partial charge in [-0.15, -0.1) is 0 Å². The third kappa shape index (κ3) is 1.69. The summed E-state index contributed by atoms with van der Waals surface area (Å²) in [5, 5.41) is 4.00. The van der Waals surface area contributed by atoms with Crippen molar-refractivity contribution in [3.05, 3.63) is 12.2 Å². The van der Waals surface area contributed by atoms with E-state index in [1.807, 2.05) is 0 Å². The Kier molecular flexibility index (Phi) is 2.40. The zero-order valence-electron chi connectivity index (χ0n) is 10.9. The predicted octanol–water partition coefficient (Wildman–Crippen LogP) is 3.37. The molecule has 0 amide bonds. The van der Waals surface area contributed by atoms with Crippen molar-refractivity contribution >= 4 is 0 Å². The maximum Gasteiger partial charge on any atom is 0.0101 e. The Morgan fingerprint density at radius 2 is 2.00 bits per heavy atom. The average molecular weight is 231 g/mol. The topological polar surface area (TPSA) is 12.0 Å². The standard InChI is InChI=1S/C16H25N/c1-10(15-8-11-2-4-13(15)6-11)17-16-9-12-3-5-14(16)7-12/h2,4,10-17H,3,5-9H2,1H3. The first-order valence-electron chi connectivity index (χ1n) is 7.74. The van der Waals surface area contributed by atoms with E-state index >= 15 is 0 Å². The van der Waals surface area contributed by atoms with E-state index in [9.17, 15) is 0 Å². The lowest BCUT2D eigenvalue weighted by Crippen LogP contribution is -2.44. The average Bonchev–Trinajstić information content (AvgIpc) is 3.08. The summed E-state index contributed by atoms with van der Waals surface area (Å²) in [6.07, 6.45) is 13.9. The molecule has 4 bridgehead atoms. The molecular formula is C16H25N. The van der Waals surface area contributed by atoms with Gasteiger partial charge in [0.05, 0.1) is 0 Å². The molecular weight excluding hydrogens is 206 g/mol. The molecule has 0 radical (unpaired) electrons. The van der Waals surface area contributed by atoms with Crippen LogP contribution >= 0.6 is 0 Å². The van der Waals surface area contributed by atoms with Crippen molar-refractivity contribution in [1.29, 1.82) is 0 Å². The monoisotopic (exact) mass is 231 g/mol. The minimum atomic E-state index is 0.749. The fourth-order valence-electron chi connectivity index (χ4n) is 5.31. The molecule has 0 saturated heterocycles. The van der Waals surface area contributed by atoms with Crippen LogP contribution in [0.1, 0.15) is 45.4 Å². The van der Waals surface area contributed by atoms with Crippen LogP contribution in [0.3, 0.4) is 0 Å².